The Morgan fingerprint density at radius 2 is 2.05 bits per heavy atom. The van der Waals surface area contributed by atoms with E-state index in [1.54, 1.807) is 6.07 Å². The van der Waals surface area contributed by atoms with E-state index in [-0.39, 0.29) is 17.9 Å². The maximum absolute atomic E-state index is 12.5. The summed E-state index contributed by atoms with van der Waals surface area (Å²) >= 11 is 0. The number of H-pyrrole nitrogens is 1. The number of fused-ring (bicyclic) bond motifs is 1. The summed E-state index contributed by atoms with van der Waals surface area (Å²) in [7, 11) is 0. The van der Waals surface area contributed by atoms with Gasteiger partial charge in [-0.3, -0.25) is 9.59 Å². The van der Waals surface area contributed by atoms with Crippen molar-refractivity contribution >= 4 is 22.8 Å². The van der Waals surface area contributed by atoms with E-state index in [1.165, 1.54) is 0 Å². The van der Waals surface area contributed by atoms with E-state index in [2.05, 4.69) is 10.3 Å². The van der Waals surface area contributed by atoms with Gasteiger partial charge >= 0.3 is 5.97 Å². The van der Waals surface area contributed by atoms with Crippen LogP contribution in [0.15, 0.2) is 18.2 Å². The predicted molar refractivity (Wildman–Crippen MR) is 84.0 cm³/mol. The van der Waals surface area contributed by atoms with Gasteiger partial charge in [0.15, 0.2) is 0 Å². The van der Waals surface area contributed by atoms with Crippen molar-refractivity contribution in [2.45, 2.75) is 39.2 Å². The molecule has 1 aliphatic rings. The number of aryl methyl sites for hydroxylation is 2. The predicted octanol–water partition coefficient (Wildman–Crippen LogP) is 2.77. The van der Waals surface area contributed by atoms with Crippen molar-refractivity contribution in [1.82, 2.24) is 10.3 Å². The molecular formula is C17H20N2O3. The lowest BCUT2D eigenvalue weighted by Crippen LogP contribution is -2.33. The molecule has 0 aliphatic heterocycles. The summed E-state index contributed by atoms with van der Waals surface area (Å²) in [5.74, 6) is -1.24. The standard InChI is InChI=1S/C17H20N2O3/c1-9-10(2)18-15-13(9)4-3-5-14(15)16(20)19-12-7-6-11(8-12)17(21)22/h3-5,11-12,18H,6-8H2,1-2H3,(H,19,20)(H,21,22)/t11-,12+/m1/s1. The summed E-state index contributed by atoms with van der Waals surface area (Å²) < 4.78 is 0. The zero-order valence-electron chi connectivity index (χ0n) is 12.8. The number of carbonyl (C=O) groups is 2. The first-order chi connectivity index (χ1) is 10.5. The lowest BCUT2D eigenvalue weighted by atomic mass is 10.1. The topological polar surface area (TPSA) is 82.2 Å². The van der Waals surface area contributed by atoms with E-state index in [0.29, 0.717) is 18.4 Å². The first kappa shape index (κ1) is 14.6. The van der Waals surface area contributed by atoms with Crippen molar-refractivity contribution in [1.29, 1.82) is 0 Å². The fourth-order valence-electron chi connectivity index (χ4n) is 3.27. The number of amides is 1. The number of benzene rings is 1. The Kier molecular flexibility index (Phi) is 3.64. The molecule has 1 saturated carbocycles. The van der Waals surface area contributed by atoms with Crippen LogP contribution >= 0.6 is 0 Å². The number of aromatic nitrogens is 1. The zero-order valence-corrected chi connectivity index (χ0v) is 12.8. The van der Waals surface area contributed by atoms with E-state index < -0.39 is 5.97 Å². The van der Waals surface area contributed by atoms with Gasteiger partial charge in [0.2, 0.25) is 0 Å². The number of aliphatic carboxylic acids is 1. The summed E-state index contributed by atoms with van der Waals surface area (Å²) in [6.07, 6.45) is 1.87. The summed E-state index contributed by atoms with van der Waals surface area (Å²) in [4.78, 5) is 26.8. The van der Waals surface area contributed by atoms with E-state index in [9.17, 15) is 9.59 Å². The van der Waals surface area contributed by atoms with Crippen LogP contribution in [-0.2, 0) is 4.79 Å². The van der Waals surface area contributed by atoms with Gasteiger partial charge in [0.25, 0.3) is 5.91 Å². The van der Waals surface area contributed by atoms with Crippen molar-refractivity contribution in [3.63, 3.8) is 0 Å². The van der Waals surface area contributed by atoms with Gasteiger partial charge in [-0.2, -0.15) is 0 Å². The smallest absolute Gasteiger partial charge is 0.306 e. The molecule has 5 heteroatoms. The molecule has 0 unspecified atom stereocenters. The van der Waals surface area contributed by atoms with Crippen LogP contribution in [0, 0.1) is 19.8 Å². The molecule has 0 saturated heterocycles. The second kappa shape index (κ2) is 5.48. The van der Waals surface area contributed by atoms with Crippen molar-refractivity contribution in [2.75, 3.05) is 0 Å². The first-order valence-corrected chi connectivity index (χ1v) is 7.59. The normalized spacial score (nSPS) is 21.2. The highest BCUT2D eigenvalue weighted by Crippen LogP contribution is 2.27. The van der Waals surface area contributed by atoms with Crippen LogP contribution in [0.3, 0.4) is 0 Å². The number of rotatable bonds is 3. The van der Waals surface area contributed by atoms with Gasteiger partial charge in [0, 0.05) is 17.1 Å². The molecule has 116 valence electrons. The summed E-state index contributed by atoms with van der Waals surface area (Å²) in [5, 5.41) is 13.1. The molecule has 22 heavy (non-hydrogen) atoms. The van der Waals surface area contributed by atoms with Gasteiger partial charge in [0.1, 0.15) is 0 Å². The first-order valence-electron chi connectivity index (χ1n) is 7.59. The molecule has 2 atom stereocenters. The summed E-state index contributed by atoms with van der Waals surface area (Å²) in [5.41, 5.74) is 3.67. The second-order valence-electron chi connectivity index (χ2n) is 6.12. The maximum Gasteiger partial charge on any atom is 0.306 e. The number of hydrogen-bond acceptors (Lipinski definition) is 2. The highest BCUT2D eigenvalue weighted by atomic mass is 16.4. The molecule has 3 N–H and O–H groups in total. The maximum atomic E-state index is 12.5. The Balaban J connectivity index is 1.81. The minimum absolute atomic E-state index is 0.0546. The Morgan fingerprint density at radius 1 is 1.27 bits per heavy atom. The second-order valence-corrected chi connectivity index (χ2v) is 6.12. The Hall–Kier alpha value is -2.30. The molecule has 1 amide bonds. The van der Waals surface area contributed by atoms with Crippen LogP contribution in [0.2, 0.25) is 0 Å². The monoisotopic (exact) mass is 300 g/mol. The molecule has 1 heterocycles. The minimum atomic E-state index is -0.769. The molecule has 1 fully saturated rings. The van der Waals surface area contributed by atoms with Gasteiger partial charge < -0.3 is 15.4 Å². The number of carbonyl (C=O) groups excluding carboxylic acids is 1. The fraction of sp³-hybridized carbons (Fsp3) is 0.412. The lowest BCUT2D eigenvalue weighted by molar-refractivity contribution is -0.141. The number of carboxylic acid groups (broad SMARTS) is 1. The molecule has 3 rings (SSSR count). The zero-order chi connectivity index (χ0) is 15.9. The SMILES string of the molecule is Cc1[nH]c2c(C(=O)N[C@H]3CC[C@@H](C(=O)O)C3)cccc2c1C. The molecule has 1 aromatic heterocycles. The molecule has 0 spiro atoms. The average molecular weight is 300 g/mol. The van der Waals surface area contributed by atoms with Gasteiger partial charge in [-0.15, -0.1) is 0 Å². The summed E-state index contributed by atoms with van der Waals surface area (Å²) in [6, 6.07) is 5.63. The summed E-state index contributed by atoms with van der Waals surface area (Å²) in [6.45, 7) is 4.02. The molecule has 1 aromatic carbocycles. The molecular weight excluding hydrogens is 280 g/mol. The largest absolute Gasteiger partial charge is 0.481 e. The van der Waals surface area contributed by atoms with E-state index in [1.807, 2.05) is 26.0 Å². The van der Waals surface area contributed by atoms with Crippen LogP contribution in [0.1, 0.15) is 40.9 Å². The molecule has 1 aliphatic carbocycles. The highest BCUT2D eigenvalue weighted by molar-refractivity contribution is 6.06. The van der Waals surface area contributed by atoms with Crippen molar-refractivity contribution in [2.24, 2.45) is 5.92 Å². The quantitative estimate of drug-likeness (QED) is 0.815. The van der Waals surface area contributed by atoms with Crippen molar-refractivity contribution in [3.05, 3.63) is 35.0 Å². The van der Waals surface area contributed by atoms with E-state index >= 15 is 0 Å². The lowest BCUT2D eigenvalue weighted by Gasteiger charge is -2.13. The third-order valence-electron chi connectivity index (χ3n) is 4.71. The van der Waals surface area contributed by atoms with Crippen LogP contribution < -0.4 is 5.32 Å². The Labute approximate surface area is 128 Å². The van der Waals surface area contributed by atoms with Gasteiger partial charge in [0.05, 0.1) is 17.0 Å². The number of para-hydroxylation sites is 1. The van der Waals surface area contributed by atoms with Crippen molar-refractivity contribution < 1.29 is 14.7 Å². The van der Waals surface area contributed by atoms with Crippen LogP contribution in [0.4, 0.5) is 0 Å². The van der Waals surface area contributed by atoms with Gasteiger partial charge in [-0.25, -0.2) is 0 Å². The van der Waals surface area contributed by atoms with Crippen LogP contribution in [0.25, 0.3) is 10.9 Å². The number of aromatic amines is 1. The number of carboxylic acids is 1. The van der Waals surface area contributed by atoms with Gasteiger partial charge in [-0.05, 0) is 44.7 Å². The molecule has 5 nitrogen and oxygen atoms in total. The van der Waals surface area contributed by atoms with E-state index in [4.69, 9.17) is 5.11 Å². The molecule has 0 bridgehead atoms. The third kappa shape index (κ3) is 2.47. The number of nitrogens with one attached hydrogen (secondary N) is 2. The minimum Gasteiger partial charge on any atom is -0.481 e. The highest BCUT2D eigenvalue weighted by Gasteiger charge is 2.31. The Morgan fingerprint density at radius 3 is 2.73 bits per heavy atom. The Bertz CT molecular complexity index is 748. The van der Waals surface area contributed by atoms with Crippen LogP contribution in [0.5, 0.6) is 0 Å². The molecule has 0 radical (unpaired) electrons. The van der Waals surface area contributed by atoms with E-state index in [0.717, 1.165) is 28.6 Å². The average Bonchev–Trinajstić information content (AvgIpc) is 3.05. The molecule has 2 aromatic rings. The van der Waals surface area contributed by atoms with Crippen molar-refractivity contribution in [3.8, 4) is 0 Å². The fourth-order valence-corrected chi connectivity index (χ4v) is 3.27. The third-order valence-corrected chi connectivity index (χ3v) is 4.71. The van der Waals surface area contributed by atoms with Crippen LogP contribution in [-0.4, -0.2) is 28.0 Å². The number of hydrogen-bond donors (Lipinski definition) is 3. The van der Waals surface area contributed by atoms with Gasteiger partial charge in [-0.1, -0.05) is 12.1 Å².